The lowest BCUT2D eigenvalue weighted by molar-refractivity contribution is -0.384. The third-order valence-corrected chi connectivity index (χ3v) is 4.53. The molecule has 1 heterocycles. The number of nitro groups is 1. The Labute approximate surface area is 141 Å². The number of anilines is 1. The second-order valence-electron chi connectivity index (χ2n) is 6.25. The van der Waals surface area contributed by atoms with Gasteiger partial charge >= 0.3 is 0 Å². The average Bonchev–Trinajstić information content (AvgIpc) is 3.00. The molecule has 7 heteroatoms. The van der Waals surface area contributed by atoms with Crippen LogP contribution in [0.2, 0.25) is 0 Å². The van der Waals surface area contributed by atoms with E-state index in [1.165, 1.54) is 12.1 Å². The Morgan fingerprint density at radius 2 is 2.29 bits per heavy atom. The molecule has 0 bridgehead atoms. The van der Waals surface area contributed by atoms with Crippen LogP contribution in [0.15, 0.2) is 18.2 Å². The van der Waals surface area contributed by atoms with Crippen LogP contribution in [0.5, 0.6) is 0 Å². The van der Waals surface area contributed by atoms with Gasteiger partial charge in [0.2, 0.25) is 5.91 Å². The van der Waals surface area contributed by atoms with Crippen molar-refractivity contribution in [1.29, 1.82) is 0 Å². The molecule has 1 atom stereocenters. The van der Waals surface area contributed by atoms with Gasteiger partial charge in [0.15, 0.2) is 0 Å². The molecule has 0 spiro atoms. The molecule has 0 aromatic heterocycles. The Morgan fingerprint density at radius 3 is 3.00 bits per heavy atom. The topological polar surface area (TPSA) is 95.7 Å². The van der Waals surface area contributed by atoms with Crippen molar-refractivity contribution < 1.29 is 14.8 Å². The van der Waals surface area contributed by atoms with E-state index in [1.807, 2.05) is 6.92 Å². The summed E-state index contributed by atoms with van der Waals surface area (Å²) in [7, 11) is 0. The maximum absolute atomic E-state index is 12.2. The minimum Gasteiger partial charge on any atom is -0.396 e. The number of hydrogen-bond donors (Lipinski definition) is 2. The zero-order chi connectivity index (χ0) is 17.5. The molecule has 0 saturated carbocycles. The standard InChI is InChI=1S/C17H25N3O4/c1-13-6-7-15(20(23)24)12-16(13)18-17(22)8-10-19-9-2-4-14(19)5-3-11-21/h6-7,12,14,21H,2-5,8-11H2,1H3,(H,18,22). The Hall–Kier alpha value is -1.99. The Morgan fingerprint density at radius 1 is 1.50 bits per heavy atom. The number of aliphatic hydroxyl groups excluding tert-OH is 1. The minimum atomic E-state index is -0.467. The van der Waals surface area contributed by atoms with Crippen LogP contribution in [0, 0.1) is 17.0 Å². The van der Waals surface area contributed by atoms with Crippen LogP contribution in [0.1, 0.15) is 37.7 Å². The highest BCUT2D eigenvalue weighted by Gasteiger charge is 2.24. The summed E-state index contributed by atoms with van der Waals surface area (Å²) in [6.07, 6.45) is 4.35. The molecule has 1 unspecified atom stereocenters. The summed E-state index contributed by atoms with van der Waals surface area (Å²) >= 11 is 0. The number of nitrogens with zero attached hydrogens (tertiary/aromatic N) is 2. The van der Waals surface area contributed by atoms with E-state index >= 15 is 0 Å². The van der Waals surface area contributed by atoms with Crippen molar-refractivity contribution in [1.82, 2.24) is 4.90 Å². The van der Waals surface area contributed by atoms with E-state index in [0.717, 1.165) is 37.8 Å². The first kappa shape index (κ1) is 18.4. The van der Waals surface area contributed by atoms with E-state index in [4.69, 9.17) is 5.11 Å². The molecule has 1 amide bonds. The highest BCUT2D eigenvalue weighted by atomic mass is 16.6. The van der Waals surface area contributed by atoms with Crippen molar-refractivity contribution in [3.05, 3.63) is 33.9 Å². The number of likely N-dealkylation sites (tertiary alicyclic amines) is 1. The van der Waals surface area contributed by atoms with E-state index in [9.17, 15) is 14.9 Å². The predicted molar refractivity (Wildman–Crippen MR) is 92.0 cm³/mol. The molecule has 2 N–H and O–H groups in total. The summed E-state index contributed by atoms with van der Waals surface area (Å²) in [6, 6.07) is 4.91. The average molecular weight is 335 g/mol. The molecule has 7 nitrogen and oxygen atoms in total. The fraction of sp³-hybridized carbons (Fsp3) is 0.588. The molecule has 0 radical (unpaired) electrons. The fourth-order valence-corrected chi connectivity index (χ4v) is 3.16. The van der Waals surface area contributed by atoms with Crippen molar-refractivity contribution in [3.8, 4) is 0 Å². The van der Waals surface area contributed by atoms with Crippen LogP contribution >= 0.6 is 0 Å². The number of hydrogen-bond acceptors (Lipinski definition) is 5. The summed E-state index contributed by atoms with van der Waals surface area (Å²) in [6.45, 7) is 3.68. The predicted octanol–water partition coefficient (Wildman–Crippen LogP) is 2.47. The summed E-state index contributed by atoms with van der Waals surface area (Å²) in [5, 5.41) is 22.6. The van der Waals surface area contributed by atoms with Gasteiger partial charge in [0.1, 0.15) is 0 Å². The molecule has 132 valence electrons. The van der Waals surface area contributed by atoms with Gasteiger partial charge in [-0.25, -0.2) is 0 Å². The number of nitro benzene ring substituents is 1. The van der Waals surface area contributed by atoms with Gasteiger partial charge in [-0.1, -0.05) is 6.07 Å². The van der Waals surface area contributed by atoms with Crippen molar-refractivity contribution >= 4 is 17.3 Å². The van der Waals surface area contributed by atoms with Crippen molar-refractivity contribution in [3.63, 3.8) is 0 Å². The molecular formula is C17H25N3O4. The third kappa shape index (κ3) is 5.01. The first-order valence-electron chi connectivity index (χ1n) is 8.41. The summed E-state index contributed by atoms with van der Waals surface area (Å²) < 4.78 is 0. The lowest BCUT2D eigenvalue weighted by atomic mass is 10.1. The van der Waals surface area contributed by atoms with Crippen LogP contribution in [-0.4, -0.2) is 46.6 Å². The molecular weight excluding hydrogens is 310 g/mol. The van der Waals surface area contributed by atoms with E-state index in [2.05, 4.69) is 10.2 Å². The quantitative estimate of drug-likeness (QED) is 0.562. The van der Waals surface area contributed by atoms with Gasteiger partial charge in [-0.2, -0.15) is 0 Å². The zero-order valence-electron chi connectivity index (χ0n) is 14.0. The van der Waals surface area contributed by atoms with Crippen LogP contribution in [0.25, 0.3) is 0 Å². The number of benzene rings is 1. The molecule has 1 aromatic carbocycles. The number of nitrogens with one attached hydrogen (secondary N) is 1. The van der Waals surface area contributed by atoms with Crippen LogP contribution < -0.4 is 5.32 Å². The van der Waals surface area contributed by atoms with E-state index in [0.29, 0.717) is 24.7 Å². The smallest absolute Gasteiger partial charge is 0.271 e. The fourth-order valence-electron chi connectivity index (χ4n) is 3.16. The van der Waals surface area contributed by atoms with Crippen molar-refractivity contribution in [2.45, 2.75) is 45.1 Å². The number of carbonyl (C=O) groups is 1. The monoisotopic (exact) mass is 335 g/mol. The number of aliphatic hydroxyl groups is 1. The van der Waals surface area contributed by atoms with Gasteiger partial charge in [0.05, 0.1) is 10.6 Å². The molecule has 24 heavy (non-hydrogen) atoms. The molecule has 1 saturated heterocycles. The van der Waals surface area contributed by atoms with E-state index < -0.39 is 4.92 Å². The maximum atomic E-state index is 12.2. The molecule has 1 aromatic rings. The van der Waals surface area contributed by atoms with E-state index in [1.54, 1.807) is 6.07 Å². The number of rotatable bonds is 8. The maximum Gasteiger partial charge on any atom is 0.271 e. The van der Waals surface area contributed by atoms with Crippen molar-refractivity contribution in [2.24, 2.45) is 0 Å². The van der Waals surface area contributed by atoms with Crippen LogP contribution in [0.4, 0.5) is 11.4 Å². The normalized spacial score (nSPS) is 17.8. The molecule has 2 rings (SSSR count). The third-order valence-electron chi connectivity index (χ3n) is 4.53. The molecule has 1 aliphatic rings. The molecule has 1 aliphatic heterocycles. The zero-order valence-corrected chi connectivity index (χ0v) is 14.0. The Bertz CT molecular complexity index is 591. The summed E-state index contributed by atoms with van der Waals surface area (Å²) in [4.78, 5) is 24.9. The molecule has 0 aliphatic carbocycles. The van der Waals surface area contributed by atoms with Gasteiger partial charge in [-0.15, -0.1) is 0 Å². The van der Waals surface area contributed by atoms with Crippen LogP contribution in [0.3, 0.4) is 0 Å². The largest absolute Gasteiger partial charge is 0.396 e. The number of carbonyl (C=O) groups excluding carboxylic acids is 1. The van der Waals surface area contributed by atoms with Gasteiger partial charge in [-0.05, 0) is 44.7 Å². The lowest BCUT2D eigenvalue weighted by Crippen LogP contribution is -2.32. The minimum absolute atomic E-state index is 0.0282. The van der Waals surface area contributed by atoms with Gasteiger partial charge in [0.25, 0.3) is 5.69 Å². The molecule has 1 fully saturated rings. The summed E-state index contributed by atoms with van der Waals surface area (Å²) in [5.41, 5.74) is 1.27. The number of non-ortho nitro benzene ring substituents is 1. The Balaban J connectivity index is 1.87. The van der Waals surface area contributed by atoms with E-state index in [-0.39, 0.29) is 18.2 Å². The first-order chi connectivity index (χ1) is 11.5. The summed E-state index contributed by atoms with van der Waals surface area (Å²) in [5.74, 6) is -0.133. The van der Waals surface area contributed by atoms with Crippen molar-refractivity contribution in [2.75, 3.05) is 25.0 Å². The second-order valence-corrected chi connectivity index (χ2v) is 6.25. The first-order valence-corrected chi connectivity index (χ1v) is 8.41. The van der Waals surface area contributed by atoms with Gasteiger partial charge < -0.3 is 10.4 Å². The highest BCUT2D eigenvalue weighted by molar-refractivity contribution is 5.92. The SMILES string of the molecule is Cc1ccc([N+](=O)[O-])cc1NC(=O)CCN1CCCC1CCCO. The number of aryl methyl sites for hydroxylation is 1. The highest BCUT2D eigenvalue weighted by Crippen LogP contribution is 2.23. The second kappa shape index (κ2) is 8.75. The van der Waals surface area contributed by atoms with Crippen LogP contribution in [-0.2, 0) is 4.79 Å². The van der Waals surface area contributed by atoms with Gasteiger partial charge in [-0.3, -0.25) is 19.8 Å². The lowest BCUT2D eigenvalue weighted by Gasteiger charge is -2.24. The van der Waals surface area contributed by atoms with Gasteiger partial charge in [0, 0.05) is 37.7 Å². The number of amides is 1. The Kier molecular flexibility index (Phi) is 6.69.